The van der Waals surface area contributed by atoms with E-state index in [9.17, 15) is 9.59 Å². The third-order valence-electron chi connectivity index (χ3n) is 6.58. The molecule has 4 aromatic rings. The van der Waals surface area contributed by atoms with Crippen molar-refractivity contribution in [2.75, 3.05) is 19.7 Å². The van der Waals surface area contributed by atoms with E-state index in [2.05, 4.69) is 0 Å². The van der Waals surface area contributed by atoms with E-state index in [4.69, 9.17) is 30.8 Å². The van der Waals surface area contributed by atoms with Gasteiger partial charge in [-0.2, -0.15) is 0 Å². The molecule has 0 fully saturated rings. The molecule has 0 saturated carbocycles. The van der Waals surface area contributed by atoms with E-state index in [0.29, 0.717) is 42.7 Å². The van der Waals surface area contributed by atoms with Gasteiger partial charge in [-0.3, -0.25) is 9.36 Å². The summed E-state index contributed by atoms with van der Waals surface area (Å²) in [5, 5.41) is 0.427. The Labute approximate surface area is 243 Å². The lowest BCUT2D eigenvalue weighted by Gasteiger charge is -2.26. The summed E-state index contributed by atoms with van der Waals surface area (Å²) in [6.07, 6.45) is 3.72. The van der Waals surface area contributed by atoms with E-state index < -0.39 is 12.0 Å². The molecule has 0 unspecified atom stereocenters. The topological polar surface area (TPSA) is 79.1 Å². The predicted octanol–water partition coefficient (Wildman–Crippen LogP) is 5.04. The number of esters is 1. The first-order valence-electron chi connectivity index (χ1n) is 12.5. The molecule has 10 heteroatoms. The minimum Gasteiger partial charge on any atom is -0.463 e. The number of thioether (sulfide) groups is 1. The fourth-order valence-electron chi connectivity index (χ4n) is 4.73. The zero-order chi connectivity index (χ0) is 27.8. The van der Waals surface area contributed by atoms with Crippen LogP contribution in [0.25, 0.3) is 11.8 Å². The van der Waals surface area contributed by atoms with Crippen LogP contribution in [0.3, 0.4) is 0 Å². The standard InChI is InChI=1S/C30H23ClN2O5S2/c1-3-36-29(35)25-26(17-7-5-4-6-8-17)32-30-33(27(25)18-9-11-20(39-2)12-10-18)28(34)24(40-30)14-19-13-22-23(15-21(19)31)38-16-37-22/h4-15,27H,3,16H2,1-2H3/t27-/m0/s1. The van der Waals surface area contributed by atoms with Crippen molar-refractivity contribution in [3.05, 3.63) is 114 Å². The van der Waals surface area contributed by atoms with E-state index in [1.807, 2.05) is 60.9 Å². The molecule has 0 bridgehead atoms. The number of ether oxygens (including phenoxy) is 3. The van der Waals surface area contributed by atoms with Crippen molar-refractivity contribution in [3.8, 4) is 11.5 Å². The van der Waals surface area contributed by atoms with Crippen LogP contribution >= 0.6 is 34.7 Å². The SMILES string of the molecule is CCOC(=O)C1=C(c2ccccc2)N=c2sc(=Cc3cc4c(cc3Cl)OCO4)c(=O)n2[C@H]1c1ccc(SC)cc1. The van der Waals surface area contributed by atoms with Crippen LogP contribution in [0.1, 0.15) is 29.7 Å². The van der Waals surface area contributed by atoms with Gasteiger partial charge in [-0.25, -0.2) is 9.79 Å². The molecule has 0 saturated heterocycles. The Morgan fingerprint density at radius 1 is 1.15 bits per heavy atom. The summed E-state index contributed by atoms with van der Waals surface area (Å²) in [7, 11) is 0. The van der Waals surface area contributed by atoms with Gasteiger partial charge in [0, 0.05) is 16.5 Å². The Hall–Kier alpha value is -3.79. The van der Waals surface area contributed by atoms with Crippen molar-refractivity contribution >= 4 is 52.4 Å². The summed E-state index contributed by atoms with van der Waals surface area (Å²) in [6.45, 7) is 2.06. The molecule has 3 aromatic carbocycles. The number of carbonyl (C=O) groups excluding carboxylic acids is 1. The van der Waals surface area contributed by atoms with Gasteiger partial charge in [0.05, 0.1) is 33.5 Å². The van der Waals surface area contributed by atoms with Gasteiger partial charge >= 0.3 is 5.97 Å². The fraction of sp³-hybridized carbons (Fsp3) is 0.167. The normalized spacial score (nSPS) is 16.1. The zero-order valence-corrected chi connectivity index (χ0v) is 23.9. The Morgan fingerprint density at radius 3 is 2.58 bits per heavy atom. The molecule has 1 aromatic heterocycles. The summed E-state index contributed by atoms with van der Waals surface area (Å²) in [4.78, 5) is 34.0. The van der Waals surface area contributed by atoms with Crippen LogP contribution in [0.5, 0.6) is 11.5 Å². The van der Waals surface area contributed by atoms with Crippen LogP contribution in [0.15, 0.2) is 87.0 Å². The fourth-order valence-corrected chi connectivity index (χ4v) is 6.34. The predicted molar refractivity (Wildman–Crippen MR) is 157 cm³/mol. The van der Waals surface area contributed by atoms with Crippen molar-refractivity contribution in [2.45, 2.75) is 17.9 Å². The van der Waals surface area contributed by atoms with Crippen molar-refractivity contribution in [1.82, 2.24) is 4.57 Å². The zero-order valence-electron chi connectivity index (χ0n) is 21.5. The molecular weight excluding hydrogens is 568 g/mol. The number of fused-ring (bicyclic) bond motifs is 2. The molecule has 0 amide bonds. The van der Waals surface area contributed by atoms with Gasteiger partial charge in [-0.05, 0) is 48.6 Å². The first kappa shape index (κ1) is 26.4. The molecule has 0 spiro atoms. The number of nitrogens with zero attached hydrogens (tertiary/aromatic N) is 2. The number of halogens is 1. The number of aromatic nitrogens is 1. The van der Waals surface area contributed by atoms with E-state index in [1.54, 1.807) is 41.5 Å². The number of benzene rings is 3. The second-order valence-corrected chi connectivity index (χ2v) is 11.2. The summed E-state index contributed by atoms with van der Waals surface area (Å²) in [5.41, 5.74) is 2.65. The highest BCUT2D eigenvalue weighted by Gasteiger charge is 2.35. The summed E-state index contributed by atoms with van der Waals surface area (Å²) >= 11 is 9.38. The smallest absolute Gasteiger partial charge is 0.338 e. The number of hydrogen-bond acceptors (Lipinski definition) is 8. The Balaban J connectivity index is 1.62. The number of rotatable bonds is 6. The summed E-state index contributed by atoms with van der Waals surface area (Å²) in [6, 6.07) is 20.0. The van der Waals surface area contributed by atoms with Crippen molar-refractivity contribution < 1.29 is 19.0 Å². The van der Waals surface area contributed by atoms with E-state index in [1.165, 1.54) is 11.3 Å². The van der Waals surface area contributed by atoms with Gasteiger partial charge < -0.3 is 14.2 Å². The van der Waals surface area contributed by atoms with Gasteiger partial charge in [-0.15, -0.1) is 11.8 Å². The highest BCUT2D eigenvalue weighted by molar-refractivity contribution is 7.98. The Morgan fingerprint density at radius 2 is 1.88 bits per heavy atom. The van der Waals surface area contributed by atoms with E-state index >= 15 is 0 Å². The van der Waals surface area contributed by atoms with Crippen LogP contribution in [0.2, 0.25) is 5.02 Å². The maximum absolute atomic E-state index is 14.0. The third kappa shape index (κ3) is 4.74. The van der Waals surface area contributed by atoms with Gasteiger partial charge in [0.25, 0.3) is 5.56 Å². The molecule has 3 heterocycles. The van der Waals surface area contributed by atoms with E-state index in [-0.39, 0.29) is 19.0 Å². The quantitative estimate of drug-likeness (QED) is 0.231. The molecule has 6 rings (SSSR count). The maximum Gasteiger partial charge on any atom is 0.338 e. The first-order chi connectivity index (χ1) is 19.5. The molecule has 0 aliphatic carbocycles. The molecule has 1 atom stereocenters. The number of hydrogen-bond donors (Lipinski definition) is 0. The van der Waals surface area contributed by atoms with Crippen LogP contribution in [-0.4, -0.2) is 30.2 Å². The van der Waals surface area contributed by atoms with Crippen molar-refractivity contribution in [1.29, 1.82) is 0 Å². The lowest BCUT2D eigenvalue weighted by Crippen LogP contribution is -2.40. The molecular formula is C30H23ClN2O5S2. The second-order valence-electron chi connectivity index (χ2n) is 8.93. The molecule has 0 radical (unpaired) electrons. The molecule has 2 aliphatic rings. The monoisotopic (exact) mass is 590 g/mol. The maximum atomic E-state index is 14.0. The minimum atomic E-state index is -0.740. The van der Waals surface area contributed by atoms with Gasteiger partial charge in [0.15, 0.2) is 16.3 Å². The average Bonchev–Trinajstić information content (AvgIpc) is 3.56. The van der Waals surface area contributed by atoms with Crippen LogP contribution in [-0.2, 0) is 9.53 Å². The Bertz CT molecular complexity index is 1830. The Kier molecular flexibility index (Phi) is 7.27. The third-order valence-corrected chi connectivity index (χ3v) is 8.64. The minimum absolute atomic E-state index is 0.117. The average molecular weight is 591 g/mol. The number of carbonyl (C=O) groups is 1. The van der Waals surface area contributed by atoms with Crippen LogP contribution in [0.4, 0.5) is 0 Å². The molecule has 2 aliphatic heterocycles. The molecule has 7 nitrogen and oxygen atoms in total. The highest BCUT2D eigenvalue weighted by Crippen LogP contribution is 2.38. The van der Waals surface area contributed by atoms with Crippen molar-refractivity contribution in [2.24, 2.45) is 4.99 Å². The largest absolute Gasteiger partial charge is 0.463 e. The van der Waals surface area contributed by atoms with E-state index in [0.717, 1.165) is 16.0 Å². The molecule has 0 N–H and O–H groups in total. The summed E-state index contributed by atoms with van der Waals surface area (Å²) < 4.78 is 18.4. The number of thiazole rings is 1. The molecule has 40 heavy (non-hydrogen) atoms. The van der Waals surface area contributed by atoms with Crippen LogP contribution in [0, 0.1) is 0 Å². The lowest BCUT2D eigenvalue weighted by atomic mass is 9.93. The first-order valence-corrected chi connectivity index (χ1v) is 14.9. The second kappa shape index (κ2) is 11.0. The van der Waals surface area contributed by atoms with Crippen LogP contribution < -0.4 is 24.4 Å². The van der Waals surface area contributed by atoms with Gasteiger partial charge in [0.1, 0.15) is 0 Å². The summed E-state index contributed by atoms with van der Waals surface area (Å²) in [5.74, 6) is 0.604. The van der Waals surface area contributed by atoms with Crippen molar-refractivity contribution in [3.63, 3.8) is 0 Å². The lowest BCUT2D eigenvalue weighted by molar-refractivity contribution is -0.138. The van der Waals surface area contributed by atoms with Gasteiger partial charge in [-0.1, -0.05) is 65.4 Å². The highest BCUT2D eigenvalue weighted by atomic mass is 35.5. The van der Waals surface area contributed by atoms with Gasteiger partial charge in [0.2, 0.25) is 6.79 Å². The molecule has 202 valence electrons.